The van der Waals surface area contributed by atoms with Crippen LogP contribution in [0, 0.1) is 17.3 Å². The first-order chi connectivity index (χ1) is 17.3. The summed E-state index contributed by atoms with van der Waals surface area (Å²) in [6, 6.07) is -1.87. The largest absolute Gasteiger partial charge is 0.444 e. The number of carbonyl (C=O) groups excluding carboxylic acids is 4. The molecule has 214 valence electrons. The summed E-state index contributed by atoms with van der Waals surface area (Å²) in [7, 11) is -3.80. The van der Waals surface area contributed by atoms with Gasteiger partial charge in [0.15, 0.2) is 0 Å². The summed E-state index contributed by atoms with van der Waals surface area (Å²) in [5.74, 6) is -2.42. The molecule has 2 aliphatic carbocycles. The van der Waals surface area contributed by atoms with Gasteiger partial charge in [0.1, 0.15) is 23.2 Å². The van der Waals surface area contributed by atoms with Crippen molar-refractivity contribution >= 4 is 33.8 Å². The van der Waals surface area contributed by atoms with Gasteiger partial charge in [-0.05, 0) is 57.8 Å². The summed E-state index contributed by atoms with van der Waals surface area (Å²) >= 11 is 0. The molecule has 12 heteroatoms. The summed E-state index contributed by atoms with van der Waals surface area (Å²) in [5, 5.41) is 4.85. The second kappa shape index (κ2) is 10.2. The number of amides is 4. The minimum Gasteiger partial charge on any atom is -0.444 e. The highest BCUT2D eigenvalue weighted by molar-refractivity contribution is 7.91. The zero-order valence-electron chi connectivity index (χ0n) is 23.4. The molecular formula is C26H42N4O7S. The van der Waals surface area contributed by atoms with Crippen molar-refractivity contribution in [2.24, 2.45) is 17.3 Å². The van der Waals surface area contributed by atoms with E-state index in [1.807, 2.05) is 6.92 Å². The molecule has 4 amide bonds. The number of carbonyl (C=O) groups is 4. The van der Waals surface area contributed by atoms with E-state index in [0.717, 1.165) is 0 Å². The number of alkyl carbamates (subject to hydrolysis) is 1. The van der Waals surface area contributed by atoms with Crippen LogP contribution >= 0.6 is 0 Å². The van der Waals surface area contributed by atoms with Gasteiger partial charge >= 0.3 is 6.09 Å². The van der Waals surface area contributed by atoms with Crippen LogP contribution in [0.3, 0.4) is 0 Å². The third-order valence-electron chi connectivity index (χ3n) is 7.27. The lowest BCUT2D eigenvalue weighted by molar-refractivity contribution is -0.143. The number of hydrogen-bond donors (Lipinski definition) is 3. The van der Waals surface area contributed by atoms with E-state index < -0.39 is 73.6 Å². The lowest BCUT2D eigenvalue weighted by Gasteiger charge is -2.36. The van der Waals surface area contributed by atoms with Gasteiger partial charge in [0.05, 0.1) is 5.25 Å². The van der Waals surface area contributed by atoms with Crippen LogP contribution in [0.1, 0.15) is 74.1 Å². The molecule has 38 heavy (non-hydrogen) atoms. The fraction of sp³-hybridized carbons (Fsp3) is 0.769. The van der Waals surface area contributed by atoms with Crippen molar-refractivity contribution in [2.75, 3.05) is 6.54 Å². The second-order valence-electron chi connectivity index (χ2n) is 12.9. The van der Waals surface area contributed by atoms with Crippen molar-refractivity contribution < 1.29 is 32.3 Å². The monoisotopic (exact) mass is 554 g/mol. The van der Waals surface area contributed by atoms with Crippen LogP contribution in [0.4, 0.5) is 4.79 Å². The quantitative estimate of drug-likeness (QED) is 0.387. The van der Waals surface area contributed by atoms with E-state index >= 15 is 0 Å². The molecule has 3 aliphatic rings. The van der Waals surface area contributed by atoms with Gasteiger partial charge in [0, 0.05) is 12.5 Å². The van der Waals surface area contributed by atoms with E-state index in [2.05, 4.69) is 21.9 Å². The highest BCUT2D eigenvalue weighted by atomic mass is 32.2. The van der Waals surface area contributed by atoms with Gasteiger partial charge in [0.25, 0.3) is 5.91 Å². The van der Waals surface area contributed by atoms with Gasteiger partial charge in [-0.2, -0.15) is 0 Å². The Morgan fingerprint density at radius 2 is 1.68 bits per heavy atom. The number of hydrogen-bond acceptors (Lipinski definition) is 7. The lowest BCUT2D eigenvalue weighted by Crippen LogP contribution is -2.61. The third-order valence-corrected chi connectivity index (χ3v) is 9.09. The standard InChI is InChI=1S/C26H42N4O7S/c1-9-16-14-26(16,22(33)29-38(35,36)17-10-11-17)28-20(31)18-15(2)12-13-30(18)21(32)19(24(3,4)5)27-23(34)37-25(6,7)8/h9,15-19H,1,10-14H2,2-8H3,(H,27,34)(H,28,31)(H,29,33). The van der Waals surface area contributed by atoms with Gasteiger partial charge in [-0.15, -0.1) is 6.58 Å². The van der Waals surface area contributed by atoms with Crippen LogP contribution < -0.4 is 15.4 Å². The summed E-state index contributed by atoms with van der Waals surface area (Å²) in [6.07, 6.45) is 2.54. The molecule has 1 aliphatic heterocycles. The van der Waals surface area contributed by atoms with Gasteiger partial charge in [-0.25, -0.2) is 13.2 Å². The minimum atomic E-state index is -3.80. The average Bonchev–Trinajstić information content (AvgIpc) is 3.67. The molecule has 0 radical (unpaired) electrons. The first kappa shape index (κ1) is 29.9. The first-order valence-corrected chi connectivity index (χ1v) is 14.7. The van der Waals surface area contributed by atoms with Crippen LogP contribution in [0.2, 0.25) is 0 Å². The van der Waals surface area contributed by atoms with E-state index in [9.17, 15) is 27.6 Å². The number of nitrogens with zero attached hydrogens (tertiary/aromatic N) is 1. The van der Waals surface area contributed by atoms with Crippen LogP contribution in [0.5, 0.6) is 0 Å². The number of rotatable bonds is 8. The van der Waals surface area contributed by atoms with Crippen LogP contribution in [-0.4, -0.2) is 72.2 Å². The highest BCUT2D eigenvalue weighted by Crippen LogP contribution is 2.45. The predicted octanol–water partition coefficient (Wildman–Crippen LogP) is 1.83. The van der Waals surface area contributed by atoms with E-state index in [0.29, 0.717) is 25.8 Å². The summed E-state index contributed by atoms with van der Waals surface area (Å²) in [5.41, 5.74) is -2.88. The molecule has 0 spiro atoms. The Balaban J connectivity index is 1.79. The van der Waals surface area contributed by atoms with Crippen molar-refractivity contribution in [1.29, 1.82) is 0 Å². The zero-order chi connectivity index (χ0) is 28.8. The molecule has 0 aromatic carbocycles. The molecule has 5 unspecified atom stereocenters. The number of ether oxygens (including phenoxy) is 1. The predicted molar refractivity (Wildman–Crippen MR) is 141 cm³/mol. The maximum Gasteiger partial charge on any atom is 0.408 e. The van der Waals surface area contributed by atoms with Crippen molar-refractivity contribution in [1.82, 2.24) is 20.3 Å². The third kappa shape index (κ3) is 6.50. The molecule has 0 bridgehead atoms. The minimum absolute atomic E-state index is 0.216. The molecule has 3 N–H and O–H groups in total. The van der Waals surface area contributed by atoms with Crippen molar-refractivity contribution in [3.05, 3.63) is 12.7 Å². The van der Waals surface area contributed by atoms with Crippen molar-refractivity contribution in [3.8, 4) is 0 Å². The normalized spacial score (nSPS) is 28.2. The second-order valence-corrected chi connectivity index (χ2v) is 14.8. The van der Waals surface area contributed by atoms with Gasteiger partial charge < -0.3 is 20.3 Å². The molecule has 5 atom stereocenters. The van der Waals surface area contributed by atoms with Crippen LogP contribution in [0.25, 0.3) is 0 Å². The van der Waals surface area contributed by atoms with Gasteiger partial charge in [-0.1, -0.05) is 33.8 Å². The Morgan fingerprint density at radius 3 is 2.16 bits per heavy atom. The Bertz CT molecular complexity index is 1100. The van der Waals surface area contributed by atoms with E-state index in [1.165, 1.54) is 11.0 Å². The molecular weight excluding hydrogens is 512 g/mol. The Labute approximate surface area is 225 Å². The number of sulfonamides is 1. The smallest absolute Gasteiger partial charge is 0.408 e. The summed E-state index contributed by atoms with van der Waals surface area (Å²) in [6.45, 7) is 16.4. The number of nitrogens with one attached hydrogen (secondary N) is 3. The Morgan fingerprint density at radius 1 is 1.08 bits per heavy atom. The molecule has 2 saturated carbocycles. The lowest BCUT2D eigenvalue weighted by atomic mass is 9.85. The highest BCUT2D eigenvalue weighted by Gasteiger charge is 2.62. The maximum absolute atomic E-state index is 13.8. The summed E-state index contributed by atoms with van der Waals surface area (Å²) in [4.78, 5) is 54.4. The van der Waals surface area contributed by atoms with E-state index in [4.69, 9.17) is 4.74 Å². The Kier molecular flexibility index (Phi) is 8.00. The van der Waals surface area contributed by atoms with Gasteiger partial charge in [0.2, 0.25) is 21.8 Å². The molecule has 0 aromatic rings. The van der Waals surface area contributed by atoms with E-state index in [1.54, 1.807) is 41.5 Å². The maximum atomic E-state index is 13.8. The topological polar surface area (TPSA) is 151 Å². The van der Waals surface area contributed by atoms with Crippen molar-refractivity contribution in [2.45, 2.75) is 103 Å². The SMILES string of the molecule is C=CC1CC1(NC(=O)C1C(C)CCN1C(=O)C(NC(=O)OC(C)(C)C)C(C)(C)C)C(=O)NS(=O)(=O)C1CC1. The molecule has 3 rings (SSSR count). The average molecular weight is 555 g/mol. The van der Waals surface area contributed by atoms with Crippen molar-refractivity contribution in [3.63, 3.8) is 0 Å². The van der Waals surface area contributed by atoms with E-state index in [-0.39, 0.29) is 12.3 Å². The molecule has 1 saturated heterocycles. The molecule has 3 fully saturated rings. The molecule has 11 nitrogen and oxygen atoms in total. The fourth-order valence-electron chi connectivity index (χ4n) is 4.84. The van der Waals surface area contributed by atoms with Crippen LogP contribution in [0.15, 0.2) is 12.7 Å². The summed E-state index contributed by atoms with van der Waals surface area (Å²) < 4.78 is 32.3. The fourth-order valence-corrected chi connectivity index (χ4v) is 6.21. The Hall–Kier alpha value is -2.63. The van der Waals surface area contributed by atoms with Gasteiger partial charge in [-0.3, -0.25) is 19.1 Å². The molecule has 0 aromatic heterocycles. The zero-order valence-corrected chi connectivity index (χ0v) is 24.2. The first-order valence-electron chi connectivity index (χ1n) is 13.1. The molecule has 1 heterocycles. The number of likely N-dealkylation sites (tertiary alicyclic amines) is 1. The van der Waals surface area contributed by atoms with Crippen LogP contribution in [-0.2, 0) is 29.1 Å².